The van der Waals surface area contributed by atoms with Crippen molar-refractivity contribution in [1.29, 1.82) is 0 Å². The second-order valence-corrected chi connectivity index (χ2v) is 4.79. The quantitative estimate of drug-likeness (QED) is 0.766. The summed E-state index contributed by atoms with van der Waals surface area (Å²) in [5.74, 6) is 0.365. The van der Waals surface area contributed by atoms with Gasteiger partial charge in [-0.3, -0.25) is 4.98 Å². The number of hydrogen-bond donors (Lipinski definition) is 1. The minimum Gasteiger partial charge on any atom is -0.351 e. The standard InChI is InChI=1S/C15H24N2O2/c1-4-18-15(19-5-2)14(16-3)12-9-8-11-7-6-10-17-13(11)12/h6-7,10,12,14-16H,4-5,8-9H2,1-3H3. The van der Waals surface area contributed by atoms with Crippen molar-refractivity contribution in [2.24, 2.45) is 0 Å². The largest absolute Gasteiger partial charge is 0.351 e. The summed E-state index contributed by atoms with van der Waals surface area (Å²) < 4.78 is 11.5. The van der Waals surface area contributed by atoms with Gasteiger partial charge < -0.3 is 14.8 Å². The highest BCUT2D eigenvalue weighted by Crippen LogP contribution is 2.35. The summed E-state index contributed by atoms with van der Waals surface area (Å²) in [5, 5.41) is 3.36. The molecule has 4 nitrogen and oxygen atoms in total. The molecular formula is C15H24N2O2. The molecule has 106 valence electrons. The lowest BCUT2D eigenvalue weighted by atomic mass is 9.96. The summed E-state index contributed by atoms with van der Waals surface area (Å²) in [6.07, 6.45) is 3.86. The minimum absolute atomic E-state index is 0.149. The van der Waals surface area contributed by atoms with Crippen LogP contribution in [0.25, 0.3) is 0 Å². The smallest absolute Gasteiger partial charge is 0.173 e. The van der Waals surface area contributed by atoms with Crippen LogP contribution in [-0.2, 0) is 15.9 Å². The number of nitrogens with one attached hydrogen (secondary N) is 1. The zero-order valence-corrected chi connectivity index (χ0v) is 12.1. The Labute approximate surface area is 115 Å². The van der Waals surface area contributed by atoms with E-state index in [2.05, 4.69) is 16.4 Å². The van der Waals surface area contributed by atoms with E-state index < -0.39 is 0 Å². The Hall–Kier alpha value is -0.970. The Bertz CT molecular complexity index is 391. The molecule has 19 heavy (non-hydrogen) atoms. The fourth-order valence-electron chi connectivity index (χ4n) is 2.90. The normalized spacial score (nSPS) is 19.7. The van der Waals surface area contributed by atoms with Crippen molar-refractivity contribution >= 4 is 0 Å². The fraction of sp³-hybridized carbons (Fsp3) is 0.667. The van der Waals surface area contributed by atoms with Crippen LogP contribution >= 0.6 is 0 Å². The number of rotatable bonds is 7. The van der Waals surface area contributed by atoms with Crippen molar-refractivity contribution in [2.75, 3.05) is 20.3 Å². The number of fused-ring (bicyclic) bond motifs is 1. The number of nitrogens with zero attached hydrogens (tertiary/aromatic N) is 1. The average molecular weight is 264 g/mol. The zero-order chi connectivity index (χ0) is 13.7. The molecule has 2 unspecified atom stereocenters. The molecule has 1 heterocycles. The molecule has 2 rings (SSSR count). The summed E-state index contributed by atoms with van der Waals surface area (Å²) >= 11 is 0. The molecule has 2 atom stereocenters. The molecule has 0 aliphatic heterocycles. The van der Waals surface area contributed by atoms with Crippen molar-refractivity contribution in [1.82, 2.24) is 10.3 Å². The Kier molecular flexibility index (Phi) is 5.31. The molecule has 4 heteroatoms. The summed E-state index contributed by atoms with van der Waals surface area (Å²) in [7, 11) is 1.97. The van der Waals surface area contributed by atoms with Crippen LogP contribution in [0.15, 0.2) is 18.3 Å². The highest BCUT2D eigenvalue weighted by Gasteiger charge is 2.35. The van der Waals surface area contributed by atoms with Gasteiger partial charge in [-0.2, -0.15) is 0 Å². The first kappa shape index (κ1) is 14.4. The van der Waals surface area contributed by atoms with Gasteiger partial charge in [0.25, 0.3) is 0 Å². The Morgan fingerprint density at radius 1 is 1.37 bits per heavy atom. The number of pyridine rings is 1. The molecule has 1 aromatic rings. The number of aryl methyl sites for hydroxylation is 1. The van der Waals surface area contributed by atoms with E-state index in [9.17, 15) is 0 Å². The Morgan fingerprint density at radius 2 is 2.11 bits per heavy atom. The van der Waals surface area contributed by atoms with Gasteiger partial charge >= 0.3 is 0 Å². The van der Waals surface area contributed by atoms with Crippen molar-refractivity contribution in [3.8, 4) is 0 Å². The lowest BCUT2D eigenvalue weighted by Gasteiger charge is -2.31. The number of ether oxygens (including phenoxy) is 2. The molecule has 1 aliphatic rings. The van der Waals surface area contributed by atoms with Crippen LogP contribution in [0.4, 0.5) is 0 Å². The molecule has 1 aromatic heterocycles. The third kappa shape index (κ3) is 3.14. The van der Waals surface area contributed by atoms with Gasteiger partial charge in [-0.05, 0) is 45.4 Å². The molecule has 0 saturated carbocycles. The van der Waals surface area contributed by atoms with Gasteiger partial charge in [-0.15, -0.1) is 0 Å². The van der Waals surface area contributed by atoms with E-state index in [1.54, 1.807) is 0 Å². The first-order chi connectivity index (χ1) is 9.31. The van der Waals surface area contributed by atoms with Crippen LogP contribution in [0, 0.1) is 0 Å². The second kappa shape index (κ2) is 6.98. The van der Waals surface area contributed by atoms with Crippen molar-refractivity contribution in [3.63, 3.8) is 0 Å². The predicted octanol–water partition coefficient (Wildman–Crippen LogP) is 2.10. The summed E-state index contributed by atoms with van der Waals surface area (Å²) in [6, 6.07) is 4.33. The van der Waals surface area contributed by atoms with Gasteiger partial charge in [0.15, 0.2) is 6.29 Å². The Morgan fingerprint density at radius 3 is 2.74 bits per heavy atom. The van der Waals surface area contributed by atoms with Gasteiger partial charge in [0, 0.05) is 31.0 Å². The number of aromatic nitrogens is 1. The maximum atomic E-state index is 5.75. The van der Waals surface area contributed by atoms with Crippen LogP contribution in [0.5, 0.6) is 0 Å². The third-order valence-electron chi connectivity index (χ3n) is 3.72. The van der Waals surface area contributed by atoms with Crippen molar-refractivity contribution in [3.05, 3.63) is 29.6 Å². The van der Waals surface area contributed by atoms with E-state index in [4.69, 9.17) is 9.47 Å². The van der Waals surface area contributed by atoms with Crippen LogP contribution in [0.3, 0.4) is 0 Å². The van der Waals surface area contributed by atoms with Crippen LogP contribution < -0.4 is 5.32 Å². The first-order valence-electron chi connectivity index (χ1n) is 7.16. The molecule has 0 spiro atoms. The van der Waals surface area contributed by atoms with E-state index in [0.29, 0.717) is 19.1 Å². The Balaban J connectivity index is 2.17. The predicted molar refractivity (Wildman–Crippen MR) is 75.2 cm³/mol. The molecule has 0 radical (unpaired) electrons. The molecule has 0 amide bonds. The third-order valence-corrected chi connectivity index (χ3v) is 3.72. The van der Waals surface area contributed by atoms with Crippen molar-refractivity contribution in [2.45, 2.75) is 44.9 Å². The molecule has 1 aliphatic carbocycles. The topological polar surface area (TPSA) is 43.4 Å². The molecule has 0 saturated heterocycles. The van der Waals surface area contributed by atoms with Gasteiger partial charge in [-0.25, -0.2) is 0 Å². The van der Waals surface area contributed by atoms with E-state index in [-0.39, 0.29) is 12.3 Å². The van der Waals surface area contributed by atoms with Crippen molar-refractivity contribution < 1.29 is 9.47 Å². The van der Waals surface area contributed by atoms with E-state index in [0.717, 1.165) is 12.8 Å². The lowest BCUT2D eigenvalue weighted by molar-refractivity contribution is -0.156. The maximum absolute atomic E-state index is 5.75. The lowest BCUT2D eigenvalue weighted by Crippen LogP contribution is -2.45. The zero-order valence-electron chi connectivity index (χ0n) is 12.1. The van der Waals surface area contributed by atoms with Crippen LogP contribution in [-0.4, -0.2) is 37.6 Å². The number of hydrogen-bond acceptors (Lipinski definition) is 4. The van der Waals surface area contributed by atoms with E-state index in [1.807, 2.05) is 33.2 Å². The van der Waals surface area contributed by atoms with Gasteiger partial charge in [0.1, 0.15) is 0 Å². The van der Waals surface area contributed by atoms with Gasteiger partial charge in [-0.1, -0.05) is 6.07 Å². The molecule has 0 aromatic carbocycles. The highest BCUT2D eigenvalue weighted by molar-refractivity contribution is 5.30. The summed E-state index contributed by atoms with van der Waals surface area (Å²) in [5.41, 5.74) is 2.56. The molecule has 0 bridgehead atoms. The van der Waals surface area contributed by atoms with Gasteiger partial charge in [0.2, 0.25) is 0 Å². The highest BCUT2D eigenvalue weighted by atomic mass is 16.7. The van der Waals surface area contributed by atoms with Crippen LogP contribution in [0.1, 0.15) is 37.4 Å². The van der Waals surface area contributed by atoms with Gasteiger partial charge in [0.05, 0.1) is 6.04 Å². The summed E-state index contributed by atoms with van der Waals surface area (Å²) in [6.45, 7) is 5.31. The van der Waals surface area contributed by atoms with E-state index in [1.165, 1.54) is 11.3 Å². The van der Waals surface area contributed by atoms with E-state index >= 15 is 0 Å². The molecule has 0 fully saturated rings. The van der Waals surface area contributed by atoms with Crippen LogP contribution in [0.2, 0.25) is 0 Å². The fourth-order valence-corrected chi connectivity index (χ4v) is 2.90. The molecular weight excluding hydrogens is 240 g/mol. The second-order valence-electron chi connectivity index (χ2n) is 4.79. The average Bonchev–Trinajstić information content (AvgIpc) is 2.84. The number of likely N-dealkylation sites (N-methyl/N-ethyl adjacent to an activating group) is 1. The summed E-state index contributed by atoms with van der Waals surface area (Å²) in [4.78, 5) is 4.56. The molecule has 1 N–H and O–H groups in total. The monoisotopic (exact) mass is 264 g/mol. The minimum atomic E-state index is -0.210. The SMILES string of the molecule is CCOC(OCC)C(NC)C1CCc2cccnc21. The maximum Gasteiger partial charge on any atom is 0.173 e. The first-order valence-corrected chi connectivity index (χ1v) is 7.16.